The lowest BCUT2D eigenvalue weighted by atomic mass is 9.93. The van der Waals surface area contributed by atoms with Crippen LogP contribution in [-0.4, -0.2) is 54.0 Å². The number of aryl methyl sites for hydroxylation is 1. The molecule has 0 spiro atoms. The average Bonchev–Trinajstić information content (AvgIpc) is 3.24. The van der Waals surface area contributed by atoms with Crippen LogP contribution < -0.4 is 4.90 Å². The highest BCUT2D eigenvalue weighted by Crippen LogP contribution is 2.35. The maximum absolute atomic E-state index is 11.3. The second-order valence-electron chi connectivity index (χ2n) is 7.06. The highest BCUT2D eigenvalue weighted by Gasteiger charge is 2.25. The number of amides is 1. The summed E-state index contributed by atoms with van der Waals surface area (Å²) in [6.07, 6.45) is 7.14. The van der Waals surface area contributed by atoms with E-state index in [9.17, 15) is 15.0 Å². The molecule has 142 valence electrons. The lowest BCUT2D eigenvalue weighted by molar-refractivity contribution is 0.109. The minimum Gasteiger partial charge on any atom is -0.465 e. The zero-order valence-corrected chi connectivity index (χ0v) is 15.3. The molecule has 0 radical (unpaired) electrons. The third-order valence-electron chi connectivity index (χ3n) is 5.20. The summed E-state index contributed by atoms with van der Waals surface area (Å²) in [5, 5.41) is 29.0. The molecule has 0 atom stereocenters. The first-order valence-corrected chi connectivity index (χ1v) is 8.96. The van der Waals surface area contributed by atoms with E-state index in [-0.39, 0.29) is 12.1 Å². The summed E-state index contributed by atoms with van der Waals surface area (Å²) < 4.78 is 3.68. The van der Waals surface area contributed by atoms with Crippen LogP contribution >= 0.6 is 0 Å². The van der Waals surface area contributed by atoms with Crippen molar-refractivity contribution in [3.63, 3.8) is 0 Å². The van der Waals surface area contributed by atoms with Gasteiger partial charge >= 0.3 is 6.09 Å². The van der Waals surface area contributed by atoms with Gasteiger partial charge in [0, 0.05) is 43.5 Å². The highest BCUT2D eigenvalue weighted by molar-refractivity contribution is 5.95. The summed E-state index contributed by atoms with van der Waals surface area (Å²) in [6, 6.07) is 1.92. The number of hydrogen-bond acceptors (Lipinski definition) is 5. The number of carboxylic acid groups (broad SMARTS) is 1. The van der Waals surface area contributed by atoms with E-state index in [0.717, 1.165) is 52.7 Å². The summed E-state index contributed by atoms with van der Waals surface area (Å²) in [4.78, 5) is 16.7. The standard InChI is InChI=1S/C18H22N6O3/c1-22-10-11(8-20-22)17-14-9-19-16(23(2)18(26)27)7-15(14)24(21-17)12-3-5-13(25)6-4-12/h7-10,12-13,25H,3-6H2,1-2H3,(H,26,27)/t12-,13-. The molecule has 9 nitrogen and oxygen atoms in total. The summed E-state index contributed by atoms with van der Waals surface area (Å²) in [7, 11) is 3.32. The summed E-state index contributed by atoms with van der Waals surface area (Å²) in [5.74, 6) is 0.352. The summed E-state index contributed by atoms with van der Waals surface area (Å²) in [5.41, 5.74) is 2.51. The second-order valence-corrected chi connectivity index (χ2v) is 7.06. The minimum absolute atomic E-state index is 0.159. The fourth-order valence-corrected chi connectivity index (χ4v) is 3.64. The monoisotopic (exact) mass is 370 g/mol. The zero-order valence-electron chi connectivity index (χ0n) is 15.3. The van der Waals surface area contributed by atoms with Crippen molar-refractivity contribution in [2.75, 3.05) is 11.9 Å². The van der Waals surface area contributed by atoms with Gasteiger partial charge in [-0.3, -0.25) is 14.3 Å². The van der Waals surface area contributed by atoms with Crippen LogP contribution in [0.5, 0.6) is 0 Å². The Morgan fingerprint density at radius 2 is 2.00 bits per heavy atom. The van der Waals surface area contributed by atoms with Gasteiger partial charge in [-0.1, -0.05) is 0 Å². The SMILES string of the molecule is CN(C(=O)O)c1cc2c(cn1)c(-c1cnn(C)c1)nn2[C@H]1CC[C@H](O)CC1. The van der Waals surface area contributed by atoms with Gasteiger partial charge in [-0.2, -0.15) is 10.2 Å². The molecule has 3 heterocycles. The molecule has 3 aromatic heterocycles. The number of rotatable bonds is 3. The molecule has 1 aliphatic carbocycles. The minimum atomic E-state index is -1.07. The van der Waals surface area contributed by atoms with Crippen molar-refractivity contribution < 1.29 is 15.0 Å². The van der Waals surface area contributed by atoms with Crippen LogP contribution in [0.3, 0.4) is 0 Å². The van der Waals surface area contributed by atoms with Gasteiger partial charge in [-0.05, 0) is 25.7 Å². The van der Waals surface area contributed by atoms with Crippen LogP contribution in [0, 0.1) is 0 Å². The number of aliphatic hydroxyl groups is 1. The lowest BCUT2D eigenvalue weighted by Crippen LogP contribution is -2.25. The van der Waals surface area contributed by atoms with Crippen LogP contribution in [0.15, 0.2) is 24.7 Å². The molecule has 0 bridgehead atoms. The molecule has 1 aliphatic rings. The Balaban J connectivity index is 1.86. The molecule has 0 saturated heterocycles. The normalized spacial score (nSPS) is 20.1. The number of nitrogens with zero attached hydrogens (tertiary/aromatic N) is 6. The number of fused-ring (bicyclic) bond motifs is 1. The zero-order chi connectivity index (χ0) is 19.1. The Morgan fingerprint density at radius 3 is 2.63 bits per heavy atom. The summed E-state index contributed by atoms with van der Waals surface area (Å²) in [6.45, 7) is 0. The third kappa shape index (κ3) is 3.14. The van der Waals surface area contributed by atoms with E-state index in [1.54, 1.807) is 23.1 Å². The molecule has 0 aromatic carbocycles. The van der Waals surface area contributed by atoms with Crippen LogP contribution in [0.4, 0.5) is 10.6 Å². The van der Waals surface area contributed by atoms with Crippen LogP contribution in [0.25, 0.3) is 22.2 Å². The number of pyridine rings is 1. The molecule has 9 heteroatoms. The van der Waals surface area contributed by atoms with Gasteiger partial charge in [0.25, 0.3) is 0 Å². The Hall–Kier alpha value is -2.94. The van der Waals surface area contributed by atoms with E-state index in [0.29, 0.717) is 5.82 Å². The van der Waals surface area contributed by atoms with Gasteiger partial charge in [0.2, 0.25) is 0 Å². The Labute approximate surface area is 155 Å². The first-order chi connectivity index (χ1) is 12.9. The molecule has 2 N–H and O–H groups in total. The number of aliphatic hydroxyl groups excluding tert-OH is 1. The summed E-state index contributed by atoms with van der Waals surface area (Å²) >= 11 is 0. The molecule has 0 unspecified atom stereocenters. The molecular weight excluding hydrogens is 348 g/mol. The Morgan fingerprint density at radius 1 is 1.26 bits per heavy atom. The van der Waals surface area contributed by atoms with E-state index in [1.165, 1.54) is 7.05 Å². The van der Waals surface area contributed by atoms with Crippen LogP contribution in [-0.2, 0) is 7.05 Å². The van der Waals surface area contributed by atoms with Gasteiger partial charge < -0.3 is 10.2 Å². The molecule has 27 heavy (non-hydrogen) atoms. The molecule has 4 rings (SSSR count). The van der Waals surface area contributed by atoms with Crippen molar-refractivity contribution in [3.8, 4) is 11.3 Å². The fourth-order valence-electron chi connectivity index (χ4n) is 3.64. The Bertz CT molecular complexity index is 986. The van der Waals surface area contributed by atoms with Crippen molar-refractivity contribution in [3.05, 3.63) is 24.7 Å². The molecule has 3 aromatic rings. The predicted molar refractivity (Wildman–Crippen MR) is 99.7 cm³/mol. The topological polar surface area (TPSA) is 109 Å². The maximum Gasteiger partial charge on any atom is 0.412 e. The van der Waals surface area contributed by atoms with Gasteiger partial charge in [0.05, 0.1) is 23.9 Å². The molecule has 0 aliphatic heterocycles. The van der Waals surface area contributed by atoms with Gasteiger partial charge in [0.1, 0.15) is 11.5 Å². The first-order valence-electron chi connectivity index (χ1n) is 8.96. The predicted octanol–water partition coefficient (Wildman–Crippen LogP) is 2.42. The van der Waals surface area contributed by atoms with Crippen molar-refractivity contribution >= 4 is 22.8 Å². The second kappa shape index (κ2) is 6.66. The van der Waals surface area contributed by atoms with Crippen molar-refractivity contribution in [2.24, 2.45) is 7.05 Å². The van der Waals surface area contributed by atoms with Crippen LogP contribution in [0.2, 0.25) is 0 Å². The first kappa shape index (κ1) is 17.5. The number of anilines is 1. The molecular formula is C18H22N6O3. The lowest BCUT2D eigenvalue weighted by Gasteiger charge is -2.26. The van der Waals surface area contributed by atoms with Crippen molar-refractivity contribution in [2.45, 2.75) is 37.8 Å². The van der Waals surface area contributed by atoms with Gasteiger partial charge in [-0.25, -0.2) is 9.78 Å². The van der Waals surface area contributed by atoms with Crippen LogP contribution in [0.1, 0.15) is 31.7 Å². The van der Waals surface area contributed by atoms with Crippen molar-refractivity contribution in [1.29, 1.82) is 0 Å². The van der Waals surface area contributed by atoms with Crippen molar-refractivity contribution in [1.82, 2.24) is 24.5 Å². The number of aromatic nitrogens is 5. The Kier molecular flexibility index (Phi) is 4.31. The molecule has 1 fully saturated rings. The fraction of sp³-hybridized carbons (Fsp3) is 0.444. The average molecular weight is 370 g/mol. The van der Waals surface area contributed by atoms with Gasteiger partial charge in [-0.15, -0.1) is 0 Å². The van der Waals surface area contributed by atoms with E-state index in [1.807, 2.05) is 17.9 Å². The largest absolute Gasteiger partial charge is 0.465 e. The third-order valence-corrected chi connectivity index (χ3v) is 5.20. The number of hydrogen-bond donors (Lipinski definition) is 2. The van der Waals surface area contributed by atoms with E-state index < -0.39 is 6.09 Å². The smallest absolute Gasteiger partial charge is 0.412 e. The molecule has 1 saturated carbocycles. The molecule has 1 amide bonds. The van der Waals surface area contributed by atoms with E-state index in [2.05, 4.69) is 10.1 Å². The quantitative estimate of drug-likeness (QED) is 0.733. The maximum atomic E-state index is 11.3. The van der Waals surface area contributed by atoms with E-state index >= 15 is 0 Å². The van der Waals surface area contributed by atoms with Gasteiger partial charge in [0.15, 0.2) is 0 Å². The van der Waals surface area contributed by atoms with E-state index in [4.69, 9.17) is 5.10 Å². The highest BCUT2D eigenvalue weighted by atomic mass is 16.4. The number of carbonyl (C=O) groups is 1.